The van der Waals surface area contributed by atoms with Crippen LogP contribution in [0.25, 0.3) is 0 Å². The molecule has 2 unspecified atom stereocenters. The second-order valence-electron chi connectivity index (χ2n) is 3.97. The molecule has 1 rings (SSSR count). The van der Waals surface area contributed by atoms with E-state index in [1.165, 1.54) is 38.5 Å². The molecule has 1 saturated heterocycles. The van der Waals surface area contributed by atoms with Crippen molar-refractivity contribution in [1.82, 2.24) is 0 Å². The number of methoxy groups -OCH3 is 1. The Bertz CT molecular complexity index is 135. The molecule has 3 heteroatoms. The second kappa shape index (κ2) is 7.66. The maximum Gasteiger partial charge on any atom is 0.0587 e. The summed E-state index contributed by atoms with van der Waals surface area (Å²) in [5.74, 6) is 0. The molecule has 1 aliphatic heterocycles. The van der Waals surface area contributed by atoms with Gasteiger partial charge in [-0.3, -0.25) is 0 Å². The minimum atomic E-state index is 0.525. The SMILES string of the molecule is COCC(Br)CCCCC1CCCO1. The number of rotatable bonds is 7. The summed E-state index contributed by atoms with van der Waals surface area (Å²) in [7, 11) is 1.75. The van der Waals surface area contributed by atoms with E-state index < -0.39 is 0 Å². The van der Waals surface area contributed by atoms with Crippen LogP contribution in [0, 0.1) is 0 Å². The van der Waals surface area contributed by atoms with Gasteiger partial charge >= 0.3 is 0 Å². The molecule has 14 heavy (non-hydrogen) atoms. The summed E-state index contributed by atoms with van der Waals surface area (Å²) >= 11 is 3.60. The van der Waals surface area contributed by atoms with E-state index in [-0.39, 0.29) is 0 Å². The lowest BCUT2D eigenvalue weighted by Crippen LogP contribution is -2.08. The van der Waals surface area contributed by atoms with Crippen LogP contribution >= 0.6 is 15.9 Å². The largest absolute Gasteiger partial charge is 0.384 e. The smallest absolute Gasteiger partial charge is 0.0587 e. The van der Waals surface area contributed by atoms with E-state index in [0.717, 1.165) is 13.2 Å². The van der Waals surface area contributed by atoms with Crippen molar-refractivity contribution in [1.29, 1.82) is 0 Å². The van der Waals surface area contributed by atoms with Crippen LogP contribution in [0.3, 0.4) is 0 Å². The van der Waals surface area contributed by atoms with E-state index in [9.17, 15) is 0 Å². The molecule has 0 aliphatic carbocycles. The molecule has 0 aromatic heterocycles. The number of unbranched alkanes of at least 4 members (excludes halogenated alkanes) is 1. The third-order valence-electron chi connectivity index (χ3n) is 2.66. The van der Waals surface area contributed by atoms with Crippen LogP contribution in [-0.4, -0.2) is 31.3 Å². The molecule has 0 saturated carbocycles. The molecular formula is C11H21BrO2. The van der Waals surface area contributed by atoms with Crippen molar-refractivity contribution in [3.05, 3.63) is 0 Å². The lowest BCUT2D eigenvalue weighted by atomic mass is 10.1. The minimum Gasteiger partial charge on any atom is -0.384 e. The lowest BCUT2D eigenvalue weighted by Gasteiger charge is -2.10. The summed E-state index contributed by atoms with van der Waals surface area (Å²) in [6.45, 7) is 1.80. The van der Waals surface area contributed by atoms with Gasteiger partial charge in [-0.05, 0) is 25.7 Å². The summed E-state index contributed by atoms with van der Waals surface area (Å²) in [6.07, 6.45) is 8.11. The van der Waals surface area contributed by atoms with E-state index in [2.05, 4.69) is 15.9 Å². The Balaban J connectivity index is 1.88. The predicted octanol–water partition coefficient (Wildman–Crippen LogP) is 3.14. The third kappa shape index (κ3) is 5.32. The quantitative estimate of drug-likeness (QED) is 0.520. The average molecular weight is 265 g/mol. The van der Waals surface area contributed by atoms with Gasteiger partial charge in [-0.2, -0.15) is 0 Å². The molecule has 0 N–H and O–H groups in total. The average Bonchev–Trinajstić information content (AvgIpc) is 2.65. The van der Waals surface area contributed by atoms with Crippen LogP contribution in [0.4, 0.5) is 0 Å². The summed E-state index contributed by atoms with van der Waals surface area (Å²) in [5, 5.41) is 0. The molecule has 0 aromatic carbocycles. The van der Waals surface area contributed by atoms with Gasteiger partial charge in [-0.25, -0.2) is 0 Å². The molecular weight excluding hydrogens is 244 g/mol. The Morgan fingerprint density at radius 3 is 3.00 bits per heavy atom. The Labute approximate surface area is 95.5 Å². The Morgan fingerprint density at radius 2 is 2.36 bits per heavy atom. The van der Waals surface area contributed by atoms with Crippen LogP contribution < -0.4 is 0 Å². The number of ether oxygens (including phenoxy) is 2. The summed E-state index contributed by atoms with van der Waals surface area (Å²) in [6, 6.07) is 0. The highest BCUT2D eigenvalue weighted by atomic mass is 79.9. The molecule has 1 fully saturated rings. The van der Waals surface area contributed by atoms with Crippen LogP contribution in [-0.2, 0) is 9.47 Å². The Kier molecular flexibility index (Phi) is 6.82. The standard InChI is InChI=1S/C11H21BrO2/c1-13-9-10(12)5-2-3-6-11-7-4-8-14-11/h10-11H,2-9H2,1H3. The molecule has 0 amide bonds. The van der Waals surface area contributed by atoms with Gasteiger partial charge in [0.2, 0.25) is 0 Å². The fourth-order valence-corrected chi connectivity index (χ4v) is 2.46. The maximum absolute atomic E-state index is 5.57. The van der Waals surface area contributed by atoms with Crippen molar-refractivity contribution in [2.45, 2.75) is 49.5 Å². The van der Waals surface area contributed by atoms with E-state index >= 15 is 0 Å². The third-order valence-corrected chi connectivity index (χ3v) is 3.39. The van der Waals surface area contributed by atoms with Gasteiger partial charge < -0.3 is 9.47 Å². The molecule has 1 heterocycles. The molecule has 0 spiro atoms. The van der Waals surface area contributed by atoms with Gasteiger partial charge in [0.15, 0.2) is 0 Å². The highest BCUT2D eigenvalue weighted by Gasteiger charge is 2.14. The van der Waals surface area contributed by atoms with Crippen molar-refractivity contribution in [2.24, 2.45) is 0 Å². The van der Waals surface area contributed by atoms with E-state index in [1.54, 1.807) is 7.11 Å². The Hall–Kier alpha value is 0.400. The van der Waals surface area contributed by atoms with Gasteiger partial charge in [-0.15, -0.1) is 0 Å². The first-order valence-corrected chi connectivity index (χ1v) is 6.49. The van der Waals surface area contributed by atoms with Gasteiger partial charge in [0, 0.05) is 18.5 Å². The first-order chi connectivity index (χ1) is 6.83. The van der Waals surface area contributed by atoms with Gasteiger partial charge in [0.05, 0.1) is 12.7 Å². The van der Waals surface area contributed by atoms with Crippen LogP contribution in [0.5, 0.6) is 0 Å². The molecule has 84 valence electrons. The molecule has 0 bridgehead atoms. The minimum absolute atomic E-state index is 0.525. The van der Waals surface area contributed by atoms with Crippen LogP contribution in [0.2, 0.25) is 0 Å². The van der Waals surface area contributed by atoms with E-state index in [1.807, 2.05) is 0 Å². The van der Waals surface area contributed by atoms with Gasteiger partial charge in [0.1, 0.15) is 0 Å². The fraction of sp³-hybridized carbons (Fsp3) is 1.00. The number of hydrogen-bond donors (Lipinski definition) is 0. The summed E-state index contributed by atoms with van der Waals surface area (Å²) in [5.41, 5.74) is 0. The van der Waals surface area contributed by atoms with Crippen molar-refractivity contribution in [2.75, 3.05) is 20.3 Å². The number of hydrogen-bond acceptors (Lipinski definition) is 2. The number of halogens is 1. The topological polar surface area (TPSA) is 18.5 Å². The number of alkyl halides is 1. The summed E-state index contributed by atoms with van der Waals surface area (Å²) < 4.78 is 10.6. The Morgan fingerprint density at radius 1 is 1.50 bits per heavy atom. The van der Waals surface area contributed by atoms with Gasteiger partial charge in [0.25, 0.3) is 0 Å². The second-order valence-corrected chi connectivity index (χ2v) is 5.27. The van der Waals surface area contributed by atoms with Crippen LogP contribution in [0.15, 0.2) is 0 Å². The first kappa shape index (κ1) is 12.5. The zero-order valence-electron chi connectivity index (χ0n) is 9.01. The van der Waals surface area contributed by atoms with Crippen molar-refractivity contribution < 1.29 is 9.47 Å². The van der Waals surface area contributed by atoms with E-state index in [0.29, 0.717) is 10.9 Å². The predicted molar refractivity (Wildman–Crippen MR) is 62.0 cm³/mol. The van der Waals surface area contributed by atoms with Crippen LogP contribution in [0.1, 0.15) is 38.5 Å². The van der Waals surface area contributed by atoms with Crippen molar-refractivity contribution in [3.63, 3.8) is 0 Å². The fourth-order valence-electron chi connectivity index (χ4n) is 1.87. The monoisotopic (exact) mass is 264 g/mol. The van der Waals surface area contributed by atoms with Gasteiger partial charge in [-0.1, -0.05) is 28.8 Å². The molecule has 2 atom stereocenters. The zero-order chi connectivity index (χ0) is 10.2. The van der Waals surface area contributed by atoms with E-state index in [4.69, 9.17) is 9.47 Å². The first-order valence-electron chi connectivity index (χ1n) is 5.57. The normalized spacial score (nSPS) is 24.0. The lowest BCUT2D eigenvalue weighted by molar-refractivity contribution is 0.102. The maximum atomic E-state index is 5.57. The molecule has 2 nitrogen and oxygen atoms in total. The summed E-state index contributed by atoms with van der Waals surface area (Å²) in [4.78, 5) is 0.525. The highest BCUT2D eigenvalue weighted by Crippen LogP contribution is 2.19. The highest BCUT2D eigenvalue weighted by molar-refractivity contribution is 9.09. The van der Waals surface area contributed by atoms with Crippen molar-refractivity contribution in [3.8, 4) is 0 Å². The molecule has 1 aliphatic rings. The molecule has 0 radical (unpaired) electrons. The van der Waals surface area contributed by atoms with Crippen molar-refractivity contribution >= 4 is 15.9 Å². The molecule has 0 aromatic rings. The zero-order valence-corrected chi connectivity index (χ0v) is 10.6.